The minimum absolute atomic E-state index is 0.00475. The Kier molecular flexibility index (Phi) is 6.99. The summed E-state index contributed by atoms with van der Waals surface area (Å²) in [6, 6.07) is 10.3. The number of rotatable bonds is 8. The van der Waals surface area contributed by atoms with Gasteiger partial charge in [0, 0.05) is 10.9 Å². The van der Waals surface area contributed by atoms with E-state index in [-0.39, 0.29) is 22.8 Å². The Bertz CT molecular complexity index is 2060. The van der Waals surface area contributed by atoms with E-state index >= 15 is 0 Å². The Morgan fingerprint density at radius 2 is 1.74 bits per heavy atom. The molecule has 1 aliphatic carbocycles. The van der Waals surface area contributed by atoms with Crippen molar-refractivity contribution in [2.75, 3.05) is 4.90 Å². The number of hydrogen-bond acceptors (Lipinski definition) is 7. The molecule has 47 heavy (non-hydrogen) atoms. The molecule has 0 radical (unpaired) electrons. The minimum atomic E-state index is -4.24. The van der Waals surface area contributed by atoms with Crippen LogP contribution in [0.15, 0.2) is 61.1 Å². The lowest BCUT2D eigenvalue weighted by Crippen LogP contribution is -2.50. The van der Waals surface area contributed by atoms with E-state index in [0.717, 1.165) is 35.7 Å². The number of amides is 2. The highest BCUT2D eigenvalue weighted by Gasteiger charge is 2.51. The molecule has 0 atom stereocenters. The van der Waals surface area contributed by atoms with Crippen molar-refractivity contribution in [3.63, 3.8) is 0 Å². The quantitative estimate of drug-likeness (QED) is 0.220. The van der Waals surface area contributed by atoms with Gasteiger partial charge in [-0.25, -0.2) is 28.4 Å². The van der Waals surface area contributed by atoms with Gasteiger partial charge in [-0.3, -0.25) is 14.5 Å². The average Bonchev–Trinajstić information content (AvgIpc) is 3.74. The van der Waals surface area contributed by atoms with Gasteiger partial charge in [-0.05, 0) is 74.4 Å². The van der Waals surface area contributed by atoms with Gasteiger partial charge in [0.2, 0.25) is 0 Å². The number of aromatic nitrogens is 5. The number of nitrogens with zero attached hydrogens (tertiary/aromatic N) is 6. The number of alkyl halides is 2. The van der Waals surface area contributed by atoms with Crippen LogP contribution in [0.4, 0.5) is 23.2 Å². The third-order valence-corrected chi connectivity index (χ3v) is 8.54. The van der Waals surface area contributed by atoms with Gasteiger partial charge in [-0.2, -0.15) is 13.9 Å². The van der Waals surface area contributed by atoms with Crippen LogP contribution in [0.2, 0.25) is 0 Å². The molecule has 10 nitrogen and oxygen atoms in total. The fourth-order valence-corrected chi connectivity index (χ4v) is 5.93. The van der Waals surface area contributed by atoms with Crippen LogP contribution >= 0.6 is 0 Å². The lowest BCUT2D eigenvalue weighted by atomic mass is 9.92. The van der Waals surface area contributed by atoms with Crippen LogP contribution < -0.4 is 15.4 Å². The molecule has 0 unspecified atom stereocenters. The second-order valence-electron chi connectivity index (χ2n) is 12.2. The van der Waals surface area contributed by atoms with Crippen LogP contribution in [0.3, 0.4) is 0 Å². The Morgan fingerprint density at radius 3 is 2.40 bits per heavy atom. The van der Waals surface area contributed by atoms with Gasteiger partial charge in [0.1, 0.15) is 11.6 Å². The largest absolute Gasteiger partial charge is 0.482 e. The number of nitrogens with two attached hydrogens (primary N) is 1. The zero-order valence-corrected chi connectivity index (χ0v) is 25.2. The van der Waals surface area contributed by atoms with Crippen LogP contribution in [0.25, 0.3) is 22.2 Å². The highest BCUT2D eigenvalue weighted by molar-refractivity contribution is 6.09. The summed E-state index contributed by atoms with van der Waals surface area (Å²) in [5, 5.41) is 5.06. The zero-order valence-electron chi connectivity index (χ0n) is 25.2. The van der Waals surface area contributed by atoms with Crippen LogP contribution in [-0.2, 0) is 23.3 Å². The number of ether oxygens (including phenoxy) is 1. The van der Waals surface area contributed by atoms with Crippen molar-refractivity contribution < 1.29 is 31.9 Å². The molecule has 2 N–H and O–H groups in total. The van der Waals surface area contributed by atoms with Crippen LogP contribution in [-0.4, -0.2) is 42.7 Å². The fourth-order valence-electron chi connectivity index (χ4n) is 5.93. The van der Waals surface area contributed by atoms with Crippen molar-refractivity contribution in [1.82, 2.24) is 24.7 Å². The number of carbonyl (C=O) groups is 2. The van der Waals surface area contributed by atoms with Crippen molar-refractivity contribution in [3.05, 3.63) is 95.3 Å². The highest BCUT2D eigenvalue weighted by atomic mass is 19.3. The lowest BCUT2D eigenvalue weighted by molar-refractivity contribution is -0.193. The number of fused-ring (bicyclic) bond motifs is 2. The first-order valence-corrected chi connectivity index (χ1v) is 14.8. The molecule has 1 fully saturated rings. The van der Waals surface area contributed by atoms with E-state index in [1.54, 1.807) is 22.9 Å². The van der Waals surface area contributed by atoms with Crippen molar-refractivity contribution in [1.29, 1.82) is 0 Å². The summed E-state index contributed by atoms with van der Waals surface area (Å²) in [5.41, 5.74) is 7.47. The normalized spacial score (nSPS) is 15.9. The maximum Gasteiger partial charge on any atom is 0.482 e. The maximum absolute atomic E-state index is 15.0. The number of carbonyl (C=O) groups excluding carboxylic acids is 2. The third kappa shape index (κ3) is 5.32. The summed E-state index contributed by atoms with van der Waals surface area (Å²) in [7, 11) is 0. The molecule has 240 valence electrons. The molecule has 3 aromatic heterocycles. The van der Waals surface area contributed by atoms with Crippen molar-refractivity contribution in [3.8, 4) is 16.9 Å². The second kappa shape index (κ2) is 10.9. The fraction of sp³-hybridized carbons (Fsp3) is 0.273. The first kappa shape index (κ1) is 30.3. The lowest BCUT2D eigenvalue weighted by Gasteiger charge is -2.33. The predicted molar refractivity (Wildman–Crippen MR) is 161 cm³/mol. The molecule has 5 aromatic rings. The Labute approximate surface area is 265 Å². The van der Waals surface area contributed by atoms with Gasteiger partial charge in [0.25, 0.3) is 5.91 Å². The van der Waals surface area contributed by atoms with E-state index in [4.69, 9.17) is 15.5 Å². The van der Waals surface area contributed by atoms with E-state index in [1.807, 2.05) is 13.8 Å². The molecule has 4 heterocycles. The van der Waals surface area contributed by atoms with E-state index < -0.39 is 41.6 Å². The zero-order chi connectivity index (χ0) is 33.2. The van der Waals surface area contributed by atoms with Crippen LogP contribution in [0.5, 0.6) is 5.75 Å². The summed E-state index contributed by atoms with van der Waals surface area (Å²) in [5.74, 6) is -3.64. The number of primary amides is 1. The van der Waals surface area contributed by atoms with Crippen molar-refractivity contribution in [2.45, 2.75) is 51.3 Å². The van der Waals surface area contributed by atoms with Crippen LogP contribution in [0, 0.1) is 17.6 Å². The summed E-state index contributed by atoms with van der Waals surface area (Å²) < 4.78 is 63.7. The maximum atomic E-state index is 15.0. The molecule has 2 aromatic carbocycles. The molecule has 0 saturated heterocycles. The topological polar surface area (TPSA) is 129 Å². The van der Waals surface area contributed by atoms with Crippen molar-refractivity contribution >= 4 is 28.5 Å². The van der Waals surface area contributed by atoms with Crippen LogP contribution in [0.1, 0.15) is 54.1 Å². The van der Waals surface area contributed by atoms with Gasteiger partial charge in [0.15, 0.2) is 17.2 Å². The molecule has 7 rings (SSSR count). The summed E-state index contributed by atoms with van der Waals surface area (Å²) in [4.78, 5) is 39.1. The van der Waals surface area contributed by atoms with Gasteiger partial charge in [-0.15, -0.1) is 0 Å². The molecule has 0 spiro atoms. The SMILES string of the molecule is CC(C)(c1ccc(F)cc1)n1ncc2c(-c3ccc4c(c3)OC(F)(F)C(=O)N4Cc3ncc(F)cn3)c(C(N)=O)c(CC3CC3)nc21. The molecule has 1 saturated carbocycles. The van der Waals surface area contributed by atoms with E-state index in [0.29, 0.717) is 40.2 Å². The van der Waals surface area contributed by atoms with Gasteiger partial charge in [0.05, 0.1) is 47.6 Å². The molecule has 2 aliphatic rings. The van der Waals surface area contributed by atoms with Gasteiger partial charge >= 0.3 is 12.0 Å². The molecule has 1 aliphatic heterocycles. The second-order valence-corrected chi connectivity index (χ2v) is 12.2. The smallest absolute Gasteiger partial charge is 0.423 e. The first-order chi connectivity index (χ1) is 22.3. The van der Waals surface area contributed by atoms with E-state index in [1.165, 1.54) is 30.5 Å². The Balaban J connectivity index is 1.41. The van der Waals surface area contributed by atoms with Gasteiger partial charge in [-0.1, -0.05) is 18.2 Å². The number of halogens is 4. The number of anilines is 1. The third-order valence-electron chi connectivity index (χ3n) is 8.54. The number of benzene rings is 2. The monoisotopic (exact) mass is 645 g/mol. The summed E-state index contributed by atoms with van der Waals surface area (Å²) >= 11 is 0. The standard InChI is InChI=1S/C33H27F4N7O3/c1-32(2,19-6-8-20(34)9-7-19)44-30-22(15-41-44)27(28(29(38)45)23(42-30)11-17-3-4-17)18-5-10-24-25(12-18)47-33(36,37)31(46)43(24)16-26-39-13-21(35)14-40-26/h5-10,12-15,17H,3-4,11,16H2,1-2H3,(H2,38,45). The molecular formula is C33H27F4N7O3. The molecule has 14 heteroatoms. The van der Waals surface area contributed by atoms with Crippen molar-refractivity contribution in [2.24, 2.45) is 11.7 Å². The first-order valence-electron chi connectivity index (χ1n) is 14.8. The molecule has 2 amide bonds. The molecular weight excluding hydrogens is 618 g/mol. The van der Waals surface area contributed by atoms with E-state index in [2.05, 4.69) is 15.1 Å². The molecule has 0 bridgehead atoms. The predicted octanol–water partition coefficient (Wildman–Crippen LogP) is 5.52. The number of pyridine rings is 1. The highest BCUT2D eigenvalue weighted by Crippen LogP contribution is 2.45. The Hall–Kier alpha value is -5.40. The summed E-state index contributed by atoms with van der Waals surface area (Å²) in [6.45, 7) is 3.30. The van der Waals surface area contributed by atoms with E-state index in [9.17, 15) is 27.2 Å². The average molecular weight is 646 g/mol. The summed E-state index contributed by atoms with van der Waals surface area (Å²) in [6.07, 6.45) is 1.38. The van der Waals surface area contributed by atoms with Gasteiger partial charge < -0.3 is 10.5 Å². The minimum Gasteiger partial charge on any atom is -0.423 e. The number of hydrogen-bond donors (Lipinski definition) is 1. The Morgan fingerprint density at radius 1 is 1.04 bits per heavy atom.